The molecule has 1 spiro atoms. The van der Waals surface area contributed by atoms with E-state index in [4.69, 9.17) is 15.6 Å². The minimum Gasteiger partial charge on any atom is -0.457 e. The summed E-state index contributed by atoms with van der Waals surface area (Å²) < 4.78 is 5.86. The molecule has 0 radical (unpaired) electrons. The van der Waals surface area contributed by atoms with Crippen molar-refractivity contribution in [2.75, 3.05) is 19.6 Å². The summed E-state index contributed by atoms with van der Waals surface area (Å²) in [7, 11) is 0. The van der Waals surface area contributed by atoms with Crippen LogP contribution in [-0.4, -0.2) is 48.0 Å². The average Bonchev–Trinajstić information content (AvgIpc) is 3.08. The first-order chi connectivity index (χ1) is 13.7. The van der Waals surface area contributed by atoms with E-state index in [0.717, 1.165) is 48.8 Å². The second-order valence-corrected chi connectivity index (χ2v) is 7.63. The van der Waals surface area contributed by atoms with E-state index in [1.54, 1.807) is 0 Å². The van der Waals surface area contributed by atoms with Gasteiger partial charge in [-0.2, -0.15) is 5.10 Å². The van der Waals surface area contributed by atoms with E-state index in [-0.39, 0.29) is 17.6 Å². The van der Waals surface area contributed by atoms with Crippen molar-refractivity contribution in [3.05, 3.63) is 60.2 Å². The monoisotopic (exact) mass is 377 g/mol. The lowest BCUT2D eigenvalue weighted by molar-refractivity contribution is -0.123. The zero-order chi connectivity index (χ0) is 19.1. The third kappa shape index (κ3) is 2.75. The molecule has 2 atom stereocenters. The van der Waals surface area contributed by atoms with Crippen LogP contribution in [-0.2, 0) is 4.79 Å². The summed E-state index contributed by atoms with van der Waals surface area (Å²) in [6, 6.07) is 17.3. The Kier molecular flexibility index (Phi) is 4.07. The Hall–Kier alpha value is -2.90. The minimum atomic E-state index is -0.473. The fraction of sp³-hybridized carbons (Fsp3) is 0.333. The number of nitrogens with one attached hydrogen (secondary N) is 2. The number of amides is 1. The molecular weight excluding hydrogens is 354 g/mol. The van der Waals surface area contributed by atoms with Gasteiger partial charge in [-0.1, -0.05) is 18.2 Å². The quantitative estimate of drug-likeness (QED) is 0.746. The molecule has 0 bridgehead atoms. The zero-order valence-corrected chi connectivity index (χ0v) is 15.5. The van der Waals surface area contributed by atoms with Gasteiger partial charge in [-0.05, 0) is 54.9 Å². The van der Waals surface area contributed by atoms with Gasteiger partial charge < -0.3 is 15.8 Å². The minimum absolute atomic E-state index is 0.0122. The van der Waals surface area contributed by atoms with Crippen LogP contribution >= 0.6 is 0 Å². The second-order valence-electron chi connectivity index (χ2n) is 7.63. The third-order valence-electron chi connectivity index (χ3n) is 5.86. The van der Waals surface area contributed by atoms with Gasteiger partial charge in [0.1, 0.15) is 23.6 Å². The lowest BCUT2D eigenvalue weighted by Gasteiger charge is -2.54. The molecule has 0 saturated carbocycles. The zero-order valence-electron chi connectivity index (χ0n) is 15.5. The molecule has 1 amide bonds. The average molecular weight is 377 g/mol. The molecule has 2 unspecified atom stereocenters. The van der Waals surface area contributed by atoms with Crippen LogP contribution in [0.15, 0.2) is 59.7 Å². The van der Waals surface area contributed by atoms with Gasteiger partial charge in [0.05, 0.1) is 11.3 Å². The summed E-state index contributed by atoms with van der Waals surface area (Å²) in [5.74, 6) is 0.690. The molecule has 2 fully saturated rings. The second kappa shape index (κ2) is 6.61. The highest BCUT2D eigenvalue weighted by molar-refractivity contribution is 6.14. The number of carbonyl (C=O) groups excluding carboxylic acids is 1. The summed E-state index contributed by atoms with van der Waals surface area (Å²) in [5.41, 5.74) is 7.39. The van der Waals surface area contributed by atoms with Gasteiger partial charge in [-0.25, -0.2) is 0 Å². The molecule has 5 rings (SSSR count). The topological polar surface area (TPSA) is 92.0 Å². The fourth-order valence-electron chi connectivity index (χ4n) is 4.30. The largest absolute Gasteiger partial charge is 0.457 e. The third-order valence-corrected chi connectivity index (χ3v) is 5.86. The predicted molar refractivity (Wildman–Crippen MR) is 106 cm³/mol. The van der Waals surface area contributed by atoms with Crippen LogP contribution < -0.4 is 21.1 Å². The number of primary amides is 1. The van der Waals surface area contributed by atoms with Gasteiger partial charge in [0.25, 0.3) is 0 Å². The van der Waals surface area contributed by atoms with E-state index in [1.165, 1.54) is 0 Å². The number of nitrogens with zero attached hydrogens (tertiary/aromatic N) is 2. The molecule has 7 nitrogen and oxygen atoms in total. The van der Waals surface area contributed by atoms with Crippen LogP contribution in [0.5, 0.6) is 11.5 Å². The molecule has 3 heterocycles. The Bertz CT molecular complexity index is 908. The summed E-state index contributed by atoms with van der Waals surface area (Å²) >= 11 is 0. The van der Waals surface area contributed by atoms with E-state index in [1.807, 2.05) is 54.6 Å². The van der Waals surface area contributed by atoms with Crippen molar-refractivity contribution in [3.8, 4) is 11.5 Å². The van der Waals surface area contributed by atoms with Crippen LogP contribution in [0.1, 0.15) is 12.0 Å². The van der Waals surface area contributed by atoms with Crippen LogP contribution in [0, 0.1) is 5.92 Å². The van der Waals surface area contributed by atoms with E-state index in [0.29, 0.717) is 0 Å². The van der Waals surface area contributed by atoms with Gasteiger partial charge in [0.15, 0.2) is 0 Å². The molecule has 2 aromatic rings. The number of rotatable bonds is 4. The van der Waals surface area contributed by atoms with Crippen molar-refractivity contribution in [1.29, 1.82) is 0 Å². The molecule has 0 aliphatic carbocycles. The molecule has 7 heteroatoms. The van der Waals surface area contributed by atoms with Gasteiger partial charge in [-0.15, -0.1) is 0 Å². The van der Waals surface area contributed by atoms with Gasteiger partial charge >= 0.3 is 0 Å². The molecule has 3 aliphatic heterocycles. The maximum absolute atomic E-state index is 12.3. The van der Waals surface area contributed by atoms with Crippen molar-refractivity contribution in [2.45, 2.75) is 18.1 Å². The maximum Gasteiger partial charge on any atom is 0.230 e. The number of fused-ring (bicyclic) bond motifs is 2. The van der Waals surface area contributed by atoms with Crippen LogP contribution in [0.25, 0.3) is 0 Å². The highest BCUT2D eigenvalue weighted by atomic mass is 16.5. The predicted octanol–water partition coefficient (Wildman–Crippen LogP) is 1.26. The summed E-state index contributed by atoms with van der Waals surface area (Å²) in [5, 5.41) is 13.7. The Morgan fingerprint density at radius 2 is 1.82 bits per heavy atom. The van der Waals surface area contributed by atoms with E-state index < -0.39 is 5.92 Å². The van der Waals surface area contributed by atoms with Crippen molar-refractivity contribution in [2.24, 2.45) is 16.8 Å². The summed E-state index contributed by atoms with van der Waals surface area (Å²) in [6.07, 6.45) is 0.825. The lowest BCUT2D eigenvalue weighted by atomic mass is 9.83. The standard InChI is InChI=1S/C21H23N5O2/c22-19(27)17-18(25-26-20(17)24-11-10-21(26)12-23-13-21)14-6-8-16(9-7-14)28-15-4-2-1-3-5-15/h1-9,17,20,23-24H,10-13H2,(H2,22,27). The Morgan fingerprint density at radius 1 is 1.11 bits per heavy atom. The molecule has 4 N–H and O–H groups in total. The molecule has 28 heavy (non-hydrogen) atoms. The number of hydrogen-bond donors (Lipinski definition) is 3. The SMILES string of the molecule is NC(=O)C1C(c2ccc(Oc3ccccc3)cc2)=NN2C1NCCC21CNC1. The molecule has 2 saturated heterocycles. The van der Waals surface area contributed by atoms with Crippen LogP contribution in [0.2, 0.25) is 0 Å². The normalized spacial score (nSPS) is 25.0. The number of hydrazone groups is 1. The maximum atomic E-state index is 12.3. The number of benzene rings is 2. The molecule has 3 aliphatic rings. The van der Waals surface area contributed by atoms with Gasteiger partial charge in [0, 0.05) is 13.1 Å². The van der Waals surface area contributed by atoms with E-state index in [2.05, 4.69) is 15.6 Å². The molecule has 0 aromatic heterocycles. The van der Waals surface area contributed by atoms with Gasteiger partial charge in [-0.3, -0.25) is 15.1 Å². The first-order valence-corrected chi connectivity index (χ1v) is 9.61. The Balaban J connectivity index is 1.43. The number of hydrogen-bond acceptors (Lipinski definition) is 6. The first kappa shape index (κ1) is 17.2. The van der Waals surface area contributed by atoms with Crippen molar-refractivity contribution < 1.29 is 9.53 Å². The summed E-state index contributed by atoms with van der Waals surface area (Å²) in [4.78, 5) is 12.3. The molecule has 144 valence electrons. The smallest absolute Gasteiger partial charge is 0.230 e. The number of para-hydroxylation sites is 1. The first-order valence-electron chi connectivity index (χ1n) is 9.61. The van der Waals surface area contributed by atoms with Gasteiger partial charge in [0.2, 0.25) is 5.91 Å². The Morgan fingerprint density at radius 3 is 2.46 bits per heavy atom. The molecule has 2 aromatic carbocycles. The van der Waals surface area contributed by atoms with E-state index in [9.17, 15) is 4.79 Å². The van der Waals surface area contributed by atoms with Crippen LogP contribution in [0.3, 0.4) is 0 Å². The van der Waals surface area contributed by atoms with Crippen molar-refractivity contribution in [3.63, 3.8) is 0 Å². The highest BCUT2D eigenvalue weighted by Gasteiger charge is 2.54. The van der Waals surface area contributed by atoms with E-state index >= 15 is 0 Å². The molecular formula is C21H23N5O2. The number of ether oxygens (including phenoxy) is 1. The fourth-order valence-corrected chi connectivity index (χ4v) is 4.30. The highest BCUT2D eigenvalue weighted by Crippen LogP contribution is 2.37. The van der Waals surface area contributed by atoms with Crippen molar-refractivity contribution in [1.82, 2.24) is 15.6 Å². The Labute approximate surface area is 163 Å². The number of carbonyl (C=O) groups is 1. The van der Waals surface area contributed by atoms with Crippen molar-refractivity contribution >= 4 is 11.6 Å². The lowest BCUT2D eigenvalue weighted by Crippen LogP contribution is -2.74. The summed E-state index contributed by atoms with van der Waals surface area (Å²) in [6.45, 7) is 2.63. The number of nitrogens with two attached hydrogens (primary N) is 1. The van der Waals surface area contributed by atoms with Crippen LogP contribution in [0.4, 0.5) is 0 Å².